The first-order valence-electron chi connectivity index (χ1n) is 11.4. The molecule has 0 aromatic rings. The van der Waals surface area contributed by atoms with E-state index < -0.39 is 0 Å². The number of ketones is 1. The maximum atomic E-state index is 12.3. The van der Waals surface area contributed by atoms with Gasteiger partial charge < -0.3 is 10.6 Å². The third kappa shape index (κ3) is 2.81. The van der Waals surface area contributed by atoms with Gasteiger partial charge in [-0.05, 0) is 86.9 Å². The quantitative estimate of drug-likeness (QED) is 0.747. The zero-order valence-electron chi connectivity index (χ0n) is 18.2. The molecule has 0 unspecified atom stereocenters. The molecule has 0 heterocycles. The molecule has 4 aliphatic rings. The average molecular weight is 387 g/mol. The number of hydrogen-bond acceptors (Lipinski definition) is 3. The van der Waals surface area contributed by atoms with Gasteiger partial charge in [-0.3, -0.25) is 9.59 Å². The van der Waals surface area contributed by atoms with Crippen LogP contribution in [0.15, 0.2) is 11.6 Å². The summed E-state index contributed by atoms with van der Waals surface area (Å²) >= 11 is 0. The number of allylic oxidation sites excluding steroid dienone is 1. The molecule has 4 heteroatoms. The molecule has 2 N–H and O–H groups in total. The molecule has 3 fully saturated rings. The highest BCUT2D eigenvalue weighted by atomic mass is 16.2. The van der Waals surface area contributed by atoms with Crippen molar-refractivity contribution in [2.45, 2.75) is 78.2 Å². The second kappa shape index (κ2) is 6.97. The molecule has 7 atom stereocenters. The van der Waals surface area contributed by atoms with Crippen molar-refractivity contribution in [1.29, 1.82) is 0 Å². The largest absolute Gasteiger partial charge is 0.341 e. The van der Waals surface area contributed by atoms with Gasteiger partial charge in [-0.15, -0.1) is 0 Å². The Labute approximate surface area is 170 Å². The van der Waals surface area contributed by atoms with Crippen molar-refractivity contribution in [1.82, 2.24) is 4.90 Å². The number of amides is 1. The van der Waals surface area contributed by atoms with E-state index in [1.54, 1.807) is 5.57 Å². The first-order chi connectivity index (χ1) is 13.2. The lowest BCUT2D eigenvalue weighted by molar-refractivity contribution is -0.132. The highest BCUT2D eigenvalue weighted by molar-refractivity contribution is 5.79. The minimum absolute atomic E-state index is 0.0533. The molecule has 0 radical (unpaired) electrons. The number of nitrogens with two attached hydrogens (primary N) is 1. The summed E-state index contributed by atoms with van der Waals surface area (Å²) in [5.74, 6) is 2.93. The van der Waals surface area contributed by atoms with Gasteiger partial charge >= 0.3 is 0 Å². The van der Waals surface area contributed by atoms with Crippen molar-refractivity contribution in [2.75, 3.05) is 13.6 Å². The van der Waals surface area contributed by atoms with Crippen molar-refractivity contribution < 1.29 is 9.59 Å². The summed E-state index contributed by atoms with van der Waals surface area (Å²) in [5, 5.41) is 0. The molecule has 0 aliphatic heterocycles. The first-order valence-corrected chi connectivity index (χ1v) is 11.4. The van der Waals surface area contributed by atoms with Crippen LogP contribution < -0.4 is 5.73 Å². The van der Waals surface area contributed by atoms with Gasteiger partial charge in [0.1, 0.15) is 5.78 Å². The fourth-order valence-corrected chi connectivity index (χ4v) is 7.99. The zero-order valence-corrected chi connectivity index (χ0v) is 18.2. The molecular weight excluding hydrogens is 348 g/mol. The SMILES string of the molecule is CC(=O)[C@H]1CC[C@H]2[C@@H]3CC=C4C[C@H](N(C)C(=O)CN)CC[C@]4(C)[C@H]3CC[C@]12C. The molecule has 28 heavy (non-hydrogen) atoms. The Balaban J connectivity index is 1.57. The lowest BCUT2D eigenvalue weighted by atomic mass is 9.47. The summed E-state index contributed by atoms with van der Waals surface area (Å²) in [5.41, 5.74) is 7.68. The highest BCUT2D eigenvalue weighted by Crippen LogP contribution is 2.66. The monoisotopic (exact) mass is 386 g/mol. The van der Waals surface area contributed by atoms with Crippen molar-refractivity contribution in [3.8, 4) is 0 Å². The van der Waals surface area contributed by atoms with Crippen molar-refractivity contribution >= 4 is 11.7 Å². The Morgan fingerprint density at radius 3 is 2.57 bits per heavy atom. The molecular formula is C24H38N2O2. The van der Waals surface area contributed by atoms with E-state index in [-0.39, 0.29) is 29.2 Å². The third-order valence-electron chi connectivity index (χ3n) is 9.68. The van der Waals surface area contributed by atoms with Crippen LogP contribution in [0.5, 0.6) is 0 Å². The fourth-order valence-electron chi connectivity index (χ4n) is 7.99. The van der Waals surface area contributed by atoms with Crippen molar-refractivity contribution in [3.05, 3.63) is 11.6 Å². The van der Waals surface area contributed by atoms with Gasteiger partial charge in [0, 0.05) is 19.0 Å². The molecule has 156 valence electrons. The maximum absolute atomic E-state index is 12.3. The van der Waals surface area contributed by atoms with Crippen LogP contribution in [-0.2, 0) is 9.59 Å². The normalized spacial score (nSPS) is 44.8. The summed E-state index contributed by atoms with van der Waals surface area (Å²) < 4.78 is 0. The topological polar surface area (TPSA) is 63.4 Å². The number of likely N-dealkylation sites (N-methyl/N-ethyl adjacent to an activating group) is 1. The van der Waals surface area contributed by atoms with E-state index in [1.807, 2.05) is 18.9 Å². The molecule has 4 aliphatic carbocycles. The molecule has 0 saturated heterocycles. The van der Waals surface area contributed by atoms with E-state index in [4.69, 9.17) is 5.73 Å². The van der Waals surface area contributed by atoms with E-state index in [0.717, 1.165) is 31.1 Å². The summed E-state index contributed by atoms with van der Waals surface area (Å²) in [6.07, 6.45) is 11.8. The highest BCUT2D eigenvalue weighted by Gasteiger charge is 2.59. The number of hydrogen-bond donors (Lipinski definition) is 1. The van der Waals surface area contributed by atoms with Crippen LogP contribution in [0.4, 0.5) is 0 Å². The molecule has 3 saturated carbocycles. The Morgan fingerprint density at radius 1 is 1.14 bits per heavy atom. The first kappa shape index (κ1) is 20.1. The van der Waals surface area contributed by atoms with Crippen LogP contribution in [0.1, 0.15) is 72.1 Å². The summed E-state index contributed by atoms with van der Waals surface area (Å²) in [6.45, 7) is 6.83. The second-order valence-corrected chi connectivity index (χ2v) is 10.6. The minimum atomic E-state index is 0.0533. The van der Waals surface area contributed by atoms with E-state index >= 15 is 0 Å². The Morgan fingerprint density at radius 2 is 1.89 bits per heavy atom. The molecule has 0 bridgehead atoms. The Hall–Kier alpha value is -1.16. The van der Waals surface area contributed by atoms with Gasteiger partial charge in [0.2, 0.25) is 5.91 Å². The van der Waals surface area contributed by atoms with Gasteiger partial charge in [0.25, 0.3) is 0 Å². The van der Waals surface area contributed by atoms with Crippen LogP contribution in [0.3, 0.4) is 0 Å². The lowest BCUT2D eigenvalue weighted by Crippen LogP contribution is -2.52. The Kier molecular flexibility index (Phi) is 5.01. The fraction of sp³-hybridized carbons (Fsp3) is 0.833. The molecule has 0 aromatic heterocycles. The predicted molar refractivity (Wildman–Crippen MR) is 111 cm³/mol. The van der Waals surface area contributed by atoms with E-state index in [1.165, 1.54) is 32.1 Å². The predicted octanol–water partition coefficient (Wildman–Crippen LogP) is 3.94. The average Bonchev–Trinajstić information content (AvgIpc) is 3.03. The van der Waals surface area contributed by atoms with Gasteiger partial charge in [0.15, 0.2) is 0 Å². The van der Waals surface area contributed by atoms with Crippen LogP contribution in [-0.4, -0.2) is 36.2 Å². The van der Waals surface area contributed by atoms with Crippen molar-refractivity contribution in [3.63, 3.8) is 0 Å². The van der Waals surface area contributed by atoms with Crippen molar-refractivity contribution in [2.24, 2.45) is 40.2 Å². The standard InChI is InChI=1S/C24H38N2O2/c1-15(27)19-7-8-20-18-6-5-16-13-17(26(4)22(28)14-25)9-11-23(16,2)21(18)10-12-24(19,20)3/h5,17-21H,6-14,25H2,1-4H3/t17-,18+,19-,20+,21+,23+,24-/m1/s1. The number of carbonyl (C=O) groups excluding carboxylic acids is 2. The van der Waals surface area contributed by atoms with Gasteiger partial charge in [-0.25, -0.2) is 0 Å². The lowest BCUT2D eigenvalue weighted by Gasteiger charge is -2.58. The van der Waals surface area contributed by atoms with Gasteiger partial charge in [-0.1, -0.05) is 25.5 Å². The van der Waals surface area contributed by atoms with Crippen LogP contribution in [0, 0.1) is 34.5 Å². The van der Waals surface area contributed by atoms with Crippen LogP contribution in [0.2, 0.25) is 0 Å². The third-order valence-corrected chi connectivity index (χ3v) is 9.68. The number of nitrogens with zero attached hydrogens (tertiary/aromatic N) is 1. The van der Waals surface area contributed by atoms with E-state index in [9.17, 15) is 9.59 Å². The molecule has 1 amide bonds. The Bertz CT molecular complexity index is 701. The summed E-state index contributed by atoms with van der Waals surface area (Å²) in [7, 11) is 1.92. The molecule has 0 spiro atoms. The smallest absolute Gasteiger partial charge is 0.236 e. The minimum Gasteiger partial charge on any atom is -0.341 e. The van der Waals surface area contributed by atoms with Crippen LogP contribution >= 0.6 is 0 Å². The molecule has 0 aromatic carbocycles. The number of fused-ring (bicyclic) bond motifs is 5. The molecule has 4 nitrogen and oxygen atoms in total. The second-order valence-electron chi connectivity index (χ2n) is 10.6. The van der Waals surface area contributed by atoms with E-state index in [0.29, 0.717) is 17.7 Å². The molecule has 4 rings (SSSR count). The number of rotatable bonds is 3. The van der Waals surface area contributed by atoms with Gasteiger partial charge in [-0.2, -0.15) is 0 Å². The number of carbonyl (C=O) groups is 2. The number of Topliss-reactive ketones (excluding diaryl/α,β-unsaturated/α-hetero) is 1. The van der Waals surface area contributed by atoms with E-state index in [2.05, 4.69) is 19.9 Å². The van der Waals surface area contributed by atoms with Gasteiger partial charge in [0.05, 0.1) is 6.54 Å². The summed E-state index contributed by atoms with van der Waals surface area (Å²) in [4.78, 5) is 26.3. The van der Waals surface area contributed by atoms with Crippen LogP contribution in [0.25, 0.3) is 0 Å². The maximum Gasteiger partial charge on any atom is 0.236 e. The zero-order chi connectivity index (χ0) is 20.3. The summed E-state index contributed by atoms with van der Waals surface area (Å²) in [6, 6.07) is 0.300.